The van der Waals surface area contributed by atoms with E-state index < -0.39 is 21.4 Å². The molecular weight excluding hydrogens is 386 g/mol. The highest BCUT2D eigenvalue weighted by atomic mass is 35.5. The molecule has 25 heavy (non-hydrogen) atoms. The van der Waals surface area contributed by atoms with Gasteiger partial charge in [0.25, 0.3) is 5.78 Å². The highest BCUT2D eigenvalue weighted by Gasteiger charge is 2.26. The first-order valence-corrected chi connectivity index (χ1v) is 9.69. The van der Waals surface area contributed by atoms with Gasteiger partial charge in [-0.05, 0) is 35.2 Å². The van der Waals surface area contributed by atoms with E-state index in [-0.39, 0.29) is 27.6 Å². The van der Waals surface area contributed by atoms with Gasteiger partial charge in [-0.2, -0.15) is 11.3 Å². The summed E-state index contributed by atoms with van der Waals surface area (Å²) >= 11 is 6.92. The summed E-state index contributed by atoms with van der Waals surface area (Å²) in [4.78, 5) is 27.7. The van der Waals surface area contributed by atoms with E-state index in [2.05, 4.69) is 15.2 Å². The lowest BCUT2D eigenvalue weighted by Gasteiger charge is -2.06. The molecule has 10 heteroatoms. The van der Waals surface area contributed by atoms with Crippen molar-refractivity contribution in [1.29, 1.82) is 0 Å². The normalized spacial score (nSPS) is 11.4. The second kappa shape index (κ2) is 6.87. The summed E-state index contributed by atoms with van der Waals surface area (Å²) in [5.74, 6) is -1.91. The van der Waals surface area contributed by atoms with Gasteiger partial charge in [-0.1, -0.05) is 11.6 Å². The Bertz CT molecular complexity index is 1030. The van der Waals surface area contributed by atoms with Crippen LogP contribution in [0.3, 0.4) is 0 Å². The van der Waals surface area contributed by atoms with Crippen molar-refractivity contribution in [2.75, 3.05) is 0 Å². The summed E-state index contributed by atoms with van der Waals surface area (Å²) in [6, 6.07) is 5.72. The molecule has 0 aliphatic carbocycles. The second-order valence-corrected chi connectivity index (χ2v) is 8.07. The minimum atomic E-state index is -3.82. The third kappa shape index (κ3) is 3.53. The molecule has 0 unspecified atom stereocenters. The topological polar surface area (TPSA) is 110 Å². The Balaban J connectivity index is 1.89. The molecule has 0 amide bonds. The molecule has 0 bridgehead atoms. The van der Waals surface area contributed by atoms with Gasteiger partial charge in [-0.25, -0.2) is 13.4 Å². The Morgan fingerprint density at radius 2 is 1.88 bits per heavy atom. The summed E-state index contributed by atoms with van der Waals surface area (Å²) in [5.41, 5.74) is 0.258. The minimum absolute atomic E-state index is 0.00374. The van der Waals surface area contributed by atoms with Gasteiger partial charge < -0.3 is 0 Å². The number of nitrogens with zero attached hydrogens (tertiary/aromatic N) is 2. The Labute approximate surface area is 151 Å². The van der Waals surface area contributed by atoms with Crippen molar-refractivity contribution >= 4 is 44.3 Å². The number of aromatic nitrogens is 3. The minimum Gasteiger partial charge on any atom is -0.290 e. The average Bonchev–Trinajstić information content (AvgIpc) is 3.26. The van der Waals surface area contributed by atoms with E-state index in [0.717, 1.165) is 11.3 Å². The standard InChI is InChI=1S/C15H10ClN3O4S2/c16-10-1-3-11(4-2-10)25(22,23)13-7-24-6-9(13)5-12(20)14(21)15-17-8-18-19-15/h1-4,6-8H,5H2,(H,17,18,19). The van der Waals surface area contributed by atoms with Crippen LogP contribution in [0, 0.1) is 0 Å². The van der Waals surface area contributed by atoms with Crippen molar-refractivity contribution in [3.63, 3.8) is 0 Å². The van der Waals surface area contributed by atoms with Gasteiger partial charge in [-0.3, -0.25) is 14.7 Å². The number of sulfone groups is 1. The molecule has 2 heterocycles. The number of halogens is 1. The summed E-state index contributed by atoms with van der Waals surface area (Å²) in [6.07, 6.45) is 0.834. The SMILES string of the molecule is O=C(Cc1cscc1S(=O)(=O)c1ccc(Cl)cc1)C(=O)c1nc[nH]n1. The van der Waals surface area contributed by atoms with Crippen molar-refractivity contribution in [3.05, 3.63) is 57.8 Å². The van der Waals surface area contributed by atoms with Crippen LogP contribution in [0.15, 0.2) is 51.1 Å². The van der Waals surface area contributed by atoms with Crippen LogP contribution in [-0.2, 0) is 21.1 Å². The second-order valence-electron chi connectivity index (χ2n) is 4.97. The van der Waals surface area contributed by atoms with Gasteiger partial charge in [-0.15, -0.1) is 5.10 Å². The van der Waals surface area contributed by atoms with E-state index in [0.29, 0.717) is 5.02 Å². The van der Waals surface area contributed by atoms with Crippen molar-refractivity contribution in [1.82, 2.24) is 15.2 Å². The number of thiophene rings is 1. The molecule has 0 aliphatic heterocycles. The third-order valence-electron chi connectivity index (χ3n) is 3.34. The summed E-state index contributed by atoms with van der Waals surface area (Å²) < 4.78 is 25.5. The molecule has 0 fully saturated rings. The number of benzene rings is 1. The largest absolute Gasteiger partial charge is 0.290 e. The first-order valence-electron chi connectivity index (χ1n) is 6.88. The van der Waals surface area contributed by atoms with Crippen molar-refractivity contribution in [3.8, 4) is 0 Å². The van der Waals surface area contributed by atoms with E-state index in [9.17, 15) is 18.0 Å². The Hall–Kier alpha value is -2.36. The summed E-state index contributed by atoms with van der Waals surface area (Å²) in [7, 11) is -3.82. The molecule has 7 nitrogen and oxygen atoms in total. The Morgan fingerprint density at radius 1 is 1.16 bits per heavy atom. The highest BCUT2D eigenvalue weighted by Crippen LogP contribution is 2.28. The molecule has 1 N–H and O–H groups in total. The maximum Gasteiger partial charge on any atom is 0.267 e. The predicted molar refractivity (Wildman–Crippen MR) is 90.6 cm³/mol. The molecule has 2 aromatic heterocycles. The molecule has 1 aromatic carbocycles. The fourth-order valence-electron chi connectivity index (χ4n) is 2.11. The number of rotatable bonds is 6. The molecule has 128 valence electrons. The van der Waals surface area contributed by atoms with Crippen molar-refractivity contribution < 1.29 is 18.0 Å². The zero-order valence-corrected chi connectivity index (χ0v) is 14.9. The molecule has 0 radical (unpaired) electrons. The van der Waals surface area contributed by atoms with Crippen LogP contribution in [0.5, 0.6) is 0 Å². The van der Waals surface area contributed by atoms with Gasteiger partial charge in [0.1, 0.15) is 6.33 Å². The average molecular weight is 396 g/mol. The van der Waals surface area contributed by atoms with Crippen molar-refractivity contribution in [2.45, 2.75) is 16.2 Å². The van der Waals surface area contributed by atoms with Gasteiger partial charge >= 0.3 is 0 Å². The van der Waals surface area contributed by atoms with Crippen LogP contribution in [0.4, 0.5) is 0 Å². The lowest BCUT2D eigenvalue weighted by atomic mass is 10.1. The first kappa shape index (κ1) is 17.5. The molecule has 0 spiro atoms. The Kier molecular flexibility index (Phi) is 4.80. The zero-order chi connectivity index (χ0) is 18.0. The Morgan fingerprint density at radius 3 is 2.52 bits per heavy atom. The third-order valence-corrected chi connectivity index (χ3v) is 6.38. The monoisotopic (exact) mass is 395 g/mol. The maximum atomic E-state index is 12.7. The molecule has 0 saturated heterocycles. The lowest BCUT2D eigenvalue weighted by Crippen LogP contribution is -2.19. The van der Waals surface area contributed by atoms with Crippen LogP contribution in [0.2, 0.25) is 5.02 Å². The predicted octanol–water partition coefficient (Wildman–Crippen LogP) is 2.35. The van der Waals surface area contributed by atoms with E-state index >= 15 is 0 Å². The number of hydrogen-bond donors (Lipinski definition) is 1. The van der Waals surface area contributed by atoms with Gasteiger partial charge in [0.05, 0.1) is 9.79 Å². The molecule has 0 aliphatic rings. The van der Waals surface area contributed by atoms with Crippen LogP contribution >= 0.6 is 22.9 Å². The van der Waals surface area contributed by atoms with E-state index in [1.165, 1.54) is 41.4 Å². The van der Waals surface area contributed by atoms with Gasteiger partial charge in [0, 0.05) is 16.8 Å². The number of ketones is 2. The maximum absolute atomic E-state index is 12.7. The molecule has 3 rings (SSSR count). The first-order chi connectivity index (χ1) is 11.9. The number of hydrogen-bond acceptors (Lipinski definition) is 7. The number of carbonyl (C=O) groups is 2. The van der Waals surface area contributed by atoms with Gasteiger partial charge in [0.2, 0.25) is 21.4 Å². The van der Waals surface area contributed by atoms with E-state index in [1.807, 2.05) is 0 Å². The highest BCUT2D eigenvalue weighted by molar-refractivity contribution is 7.91. The fraction of sp³-hybridized carbons (Fsp3) is 0.0667. The molecule has 3 aromatic rings. The molecule has 0 saturated carbocycles. The number of H-pyrrole nitrogens is 1. The van der Waals surface area contributed by atoms with E-state index in [1.54, 1.807) is 0 Å². The summed E-state index contributed by atoms with van der Waals surface area (Å²) in [6.45, 7) is 0. The number of carbonyl (C=O) groups excluding carboxylic acids is 2. The van der Waals surface area contributed by atoms with Crippen LogP contribution < -0.4 is 0 Å². The van der Waals surface area contributed by atoms with Gasteiger partial charge in [0.15, 0.2) is 0 Å². The number of nitrogens with one attached hydrogen (secondary N) is 1. The lowest BCUT2D eigenvalue weighted by molar-refractivity contribution is -0.114. The van der Waals surface area contributed by atoms with E-state index in [4.69, 9.17) is 11.6 Å². The zero-order valence-electron chi connectivity index (χ0n) is 12.5. The van der Waals surface area contributed by atoms with Crippen LogP contribution in [0.1, 0.15) is 16.2 Å². The molecular formula is C15H10ClN3O4S2. The summed E-state index contributed by atoms with van der Waals surface area (Å²) in [5, 5.41) is 9.29. The van der Waals surface area contributed by atoms with Crippen LogP contribution in [0.25, 0.3) is 0 Å². The van der Waals surface area contributed by atoms with Crippen LogP contribution in [-0.4, -0.2) is 35.2 Å². The fourth-order valence-corrected chi connectivity index (χ4v) is 4.93. The van der Waals surface area contributed by atoms with Crippen molar-refractivity contribution in [2.24, 2.45) is 0 Å². The quantitative estimate of drug-likeness (QED) is 0.506. The number of Topliss-reactive ketones (excluding diaryl/α,β-unsaturated/α-hetero) is 2. The smallest absolute Gasteiger partial charge is 0.267 e. The number of aromatic amines is 1. The molecule has 0 atom stereocenters.